The zero-order valence-electron chi connectivity index (χ0n) is 15.8. The second-order valence-corrected chi connectivity index (χ2v) is 6.09. The maximum Gasteiger partial charge on any atom is 0.373 e. The Morgan fingerprint density at radius 1 is 1.10 bits per heavy atom. The van der Waals surface area contributed by atoms with Crippen LogP contribution in [0.25, 0.3) is 0 Å². The Morgan fingerprint density at radius 2 is 1.79 bits per heavy atom. The second kappa shape index (κ2) is 8.79. The van der Waals surface area contributed by atoms with Crippen molar-refractivity contribution in [3.63, 3.8) is 0 Å². The number of hydrogen-bond acceptors (Lipinski definition) is 8. The van der Waals surface area contributed by atoms with Gasteiger partial charge in [-0.15, -0.1) is 0 Å². The molecule has 1 N–H and O–H groups in total. The first-order valence-corrected chi connectivity index (χ1v) is 8.63. The number of nitro groups is 1. The Balaban J connectivity index is 1.81. The molecule has 148 valence electrons. The molecule has 9 nitrogen and oxygen atoms in total. The average molecular weight is 394 g/mol. The number of aromatic nitrogens is 2. The van der Waals surface area contributed by atoms with Crippen LogP contribution in [0.1, 0.15) is 21.5 Å². The molecule has 0 unspecified atom stereocenters. The standard InChI is InChI=1S/C20H18N4O5/c1-13-3-5-14(6-4-13)11-21-18-17(24(26)27)19(23-12-22-18)29-16-9-7-15(8-10-16)20(25)28-2/h3-10,12H,11H2,1-2H3,(H,21,22,23). The van der Waals surface area contributed by atoms with Gasteiger partial charge in [0, 0.05) is 6.54 Å². The molecule has 3 rings (SSSR count). The molecule has 29 heavy (non-hydrogen) atoms. The molecule has 3 aromatic rings. The highest BCUT2D eigenvalue weighted by Gasteiger charge is 2.25. The minimum Gasteiger partial charge on any atom is -0.465 e. The van der Waals surface area contributed by atoms with Gasteiger partial charge in [0.2, 0.25) is 5.82 Å². The molecule has 1 aromatic heterocycles. The lowest BCUT2D eigenvalue weighted by Gasteiger charge is -2.10. The summed E-state index contributed by atoms with van der Waals surface area (Å²) in [6, 6.07) is 13.7. The Labute approximate surface area is 166 Å². The molecule has 0 aliphatic rings. The van der Waals surface area contributed by atoms with Crippen molar-refractivity contribution < 1.29 is 19.2 Å². The zero-order valence-corrected chi connectivity index (χ0v) is 15.8. The van der Waals surface area contributed by atoms with Crippen LogP contribution < -0.4 is 10.1 Å². The van der Waals surface area contributed by atoms with Gasteiger partial charge in [-0.1, -0.05) is 29.8 Å². The molecule has 0 atom stereocenters. The molecular weight excluding hydrogens is 376 g/mol. The number of esters is 1. The largest absolute Gasteiger partial charge is 0.465 e. The van der Waals surface area contributed by atoms with Crippen molar-refractivity contribution in [2.24, 2.45) is 0 Å². The first-order valence-electron chi connectivity index (χ1n) is 8.63. The van der Waals surface area contributed by atoms with Crippen LogP contribution in [0.3, 0.4) is 0 Å². The van der Waals surface area contributed by atoms with Gasteiger partial charge in [0.15, 0.2) is 0 Å². The Kier molecular flexibility index (Phi) is 5.98. The lowest BCUT2D eigenvalue weighted by atomic mass is 10.1. The van der Waals surface area contributed by atoms with Gasteiger partial charge < -0.3 is 14.8 Å². The molecule has 2 aromatic carbocycles. The monoisotopic (exact) mass is 394 g/mol. The van der Waals surface area contributed by atoms with Gasteiger partial charge in [-0.3, -0.25) is 10.1 Å². The molecule has 0 spiro atoms. The fourth-order valence-electron chi connectivity index (χ4n) is 2.51. The Morgan fingerprint density at radius 3 is 2.41 bits per heavy atom. The summed E-state index contributed by atoms with van der Waals surface area (Å²) in [5, 5.41) is 14.6. The smallest absolute Gasteiger partial charge is 0.373 e. The van der Waals surface area contributed by atoms with Crippen LogP contribution >= 0.6 is 0 Å². The minimum atomic E-state index is -0.602. The predicted molar refractivity (Wildman–Crippen MR) is 105 cm³/mol. The maximum atomic E-state index is 11.6. The van der Waals surface area contributed by atoms with E-state index >= 15 is 0 Å². The normalized spacial score (nSPS) is 10.3. The summed E-state index contributed by atoms with van der Waals surface area (Å²) < 4.78 is 10.2. The van der Waals surface area contributed by atoms with Gasteiger partial charge in [-0.05, 0) is 36.8 Å². The van der Waals surface area contributed by atoms with Gasteiger partial charge in [-0.25, -0.2) is 9.78 Å². The van der Waals surface area contributed by atoms with Crippen LogP contribution in [-0.4, -0.2) is 28.0 Å². The molecule has 0 amide bonds. The summed E-state index contributed by atoms with van der Waals surface area (Å²) in [7, 11) is 1.28. The molecule has 0 saturated heterocycles. The zero-order chi connectivity index (χ0) is 20.8. The summed E-state index contributed by atoms with van der Waals surface area (Å²) in [5.74, 6) is -0.370. The van der Waals surface area contributed by atoms with E-state index in [2.05, 4.69) is 20.0 Å². The topological polar surface area (TPSA) is 116 Å². The maximum absolute atomic E-state index is 11.6. The molecular formula is C20H18N4O5. The third-order valence-corrected chi connectivity index (χ3v) is 4.04. The van der Waals surface area contributed by atoms with Crippen molar-refractivity contribution >= 4 is 17.5 Å². The second-order valence-electron chi connectivity index (χ2n) is 6.09. The predicted octanol–water partition coefficient (Wildman–Crippen LogP) is 3.88. The van der Waals surface area contributed by atoms with Crippen molar-refractivity contribution in [2.75, 3.05) is 12.4 Å². The lowest BCUT2D eigenvalue weighted by molar-refractivity contribution is -0.385. The van der Waals surface area contributed by atoms with Crippen molar-refractivity contribution in [3.8, 4) is 11.6 Å². The van der Waals surface area contributed by atoms with Crippen molar-refractivity contribution in [3.05, 3.63) is 81.7 Å². The number of carbonyl (C=O) groups is 1. The molecule has 1 heterocycles. The number of methoxy groups -OCH3 is 1. The van der Waals surface area contributed by atoms with Crippen LogP contribution in [0.4, 0.5) is 11.5 Å². The number of rotatable bonds is 7. The highest BCUT2D eigenvalue weighted by molar-refractivity contribution is 5.89. The molecule has 0 aliphatic heterocycles. The van der Waals surface area contributed by atoms with Crippen LogP contribution in [0.15, 0.2) is 54.9 Å². The highest BCUT2D eigenvalue weighted by atomic mass is 16.6. The summed E-state index contributed by atoms with van der Waals surface area (Å²) in [5.41, 5.74) is 2.02. The van der Waals surface area contributed by atoms with Gasteiger partial charge in [0.05, 0.1) is 17.6 Å². The molecule has 0 bridgehead atoms. The lowest BCUT2D eigenvalue weighted by Crippen LogP contribution is -2.07. The van der Waals surface area contributed by atoms with Gasteiger partial charge in [-0.2, -0.15) is 4.98 Å². The SMILES string of the molecule is COC(=O)c1ccc(Oc2ncnc(NCc3ccc(C)cc3)c2[N+](=O)[O-])cc1. The van der Waals surface area contributed by atoms with Crippen LogP contribution in [0, 0.1) is 17.0 Å². The Bertz CT molecular complexity index is 1020. The van der Waals surface area contributed by atoms with Gasteiger partial charge >= 0.3 is 17.5 Å². The molecule has 0 radical (unpaired) electrons. The van der Waals surface area contributed by atoms with Gasteiger partial charge in [0.1, 0.15) is 12.1 Å². The number of carbonyl (C=O) groups excluding carboxylic acids is 1. The Hall–Kier alpha value is -4.01. The van der Waals surface area contributed by atoms with Crippen molar-refractivity contribution in [2.45, 2.75) is 13.5 Å². The minimum absolute atomic E-state index is 0.0479. The quantitative estimate of drug-likeness (QED) is 0.364. The van der Waals surface area contributed by atoms with Crippen molar-refractivity contribution in [1.82, 2.24) is 9.97 Å². The number of aryl methyl sites for hydroxylation is 1. The number of nitrogens with zero attached hydrogens (tertiary/aromatic N) is 3. The summed E-state index contributed by atoms with van der Waals surface area (Å²) in [6.45, 7) is 2.33. The molecule has 0 aliphatic carbocycles. The summed E-state index contributed by atoms with van der Waals surface area (Å²) >= 11 is 0. The first kappa shape index (κ1) is 19.7. The van der Waals surface area contributed by atoms with Crippen LogP contribution in [0.2, 0.25) is 0 Å². The number of nitrogens with one attached hydrogen (secondary N) is 1. The number of benzene rings is 2. The van der Waals surface area contributed by atoms with E-state index in [4.69, 9.17) is 4.74 Å². The number of anilines is 1. The third kappa shape index (κ3) is 4.83. The van der Waals surface area contributed by atoms with Gasteiger partial charge in [0.25, 0.3) is 0 Å². The third-order valence-electron chi connectivity index (χ3n) is 4.04. The van der Waals surface area contributed by atoms with Crippen LogP contribution in [-0.2, 0) is 11.3 Å². The van der Waals surface area contributed by atoms with E-state index in [9.17, 15) is 14.9 Å². The summed E-state index contributed by atoms with van der Waals surface area (Å²) in [4.78, 5) is 30.4. The molecule has 0 saturated carbocycles. The van der Waals surface area contributed by atoms with E-state index in [1.165, 1.54) is 37.7 Å². The first-order chi connectivity index (χ1) is 14.0. The fraction of sp³-hybridized carbons (Fsp3) is 0.150. The van der Waals surface area contributed by atoms with E-state index < -0.39 is 10.9 Å². The van der Waals surface area contributed by atoms with E-state index in [1.807, 2.05) is 31.2 Å². The summed E-state index contributed by atoms with van der Waals surface area (Å²) in [6.07, 6.45) is 1.18. The number of hydrogen-bond donors (Lipinski definition) is 1. The average Bonchev–Trinajstić information content (AvgIpc) is 2.73. The highest BCUT2D eigenvalue weighted by Crippen LogP contribution is 2.34. The molecule has 9 heteroatoms. The fourth-order valence-corrected chi connectivity index (χ4v) is 2.51. The van der Waals surface area contributed by atoms with E-state index in [0.717, 1.165) is 11.1 Å². The van der Waals surface area contributed by atoms with Crippen molar-refractivity contribution in [1.29, 1.82) is 0 Å². The molecule has 0 fully saturated rings. The van der Waals surface area contributed by atoms with E-state index in [1.54, 1.807) is 0 Å². The van der Waals surface area contributed by atoms with E-state index in [0.29, 0.717) is 12.1 Å². The number of ether oxygens (including phenoxy) is 2. The van der Waals surface area contributed by atoms with Crippen LogP contribution in [0.5, 0.6) is 11.6 Å². The van der Waals surface area contributed by atoms with E-state index in [-0.39, 0.29) is 23.1 Å².